The standard InChI is InChI=1S/C18H21N3O3/c1-11-5-6-14(12(2)8-11)15-9-16(21-18(23)20-15)17(22)19-10-13-4-3-7-24-13/h5-6,8-9,13H,3-4,7,10H2,1-2H3,(H,19,22)(H,20,21,23). The molecule has 1 amide bonds. The van der Waals surface area contributed by atoms with Gasteiger partial charge in [0.1, 0.15) is 5.69 Å². The maximum atomic E-state index is 12.3. The second kappa shape index (κ2) is 6.97. The molecule has 1 aliphatic heterocycles. The average Bonchev–Trinajstić information content (AvgIpc) is 3.05. The van der Waals surface area contributed by atoms with E-state index in [0.29, 0.717) is 12.2 Å². The average molecular weight is 327 g/mol. The molecule has 0 aliphatic carbocycles. The van der Waals surface area contributed by atoms with Gasteiger partial charge in [-0.1, -0.05) is 23.8 Å². The van der Waals surface area contributed by atoms with Crippen LogP contribution in [0.3, 0.4) is 0 Å². The van der Waals surface area contributed by atoms with Crippen molar-refractivity contribution in [1.29, 1.82) is 0 Å². The first-order chi connectivity index (χ1) is 11.5. The zero-order chi connectivity index (χ0) is 17.1. The number of nitrogens with zero attached hydrogens (tertiary/aromatic N) is 1. The Morgan fingerprint density at radius 3 is 2.92 bits per heavy atom. The first-order valence-electron chi connectivity index (χ1n) is 8.12. The molecule has 1 aliphatic rings. The predicted molar refractivity (Wildman–Crippen MR) is 91.1 cm³/mol. The lowest BCUT2D eigenvalue weighted by atomic mass is 10.0. The Morgan fingerprint density at radius 2 is 2.21 bits per heavy atom. The van der Waals surface area contributed by atoms with E-state index in [1.54, 1.807) is 6.07 Å². The molecule has 6 heteroatoms. The summed E-state index contributed by atoms with van der Waals surface area (Å²) < 4.78 is 5.48. The summed E-state index contributed by atoms with van der Waals surface area (Å²) in [6.07, 6.45) is 2.02. The molecule has 1 unspecified atom stereocenters. The van der Waals surface area contributed by atoms with Crippen molar-refractivity contribution in [3.05, 3.63) is 51.6 Å². The molecule has 1 atom stereocenters. The smallest absolute Gasteiger partial charge is 0.346 e. The fourth-order valence-electron chi connectivity index (χ4n) is 2.93. The predicted octanol–water partition coefficient (Wildman–Crippen LogP) is 1.96. The quantitative estimate of drug-likeness (QED) is 0.899. The molecule has 0 bridgehead atoms. The number of benzene rings is 1. The van der Waals surface area contributed by atoms with E-state index in [9.17, 15) is 9.59 Å². The molecule has 3 rings (SSSR count). The minimum absolute atomic E-state index is 0.0568. The maximum Gasteiger partial charge on any atom is 0.346 e. The van der Waals surface area contributed by atoms with Gasteiger partial charge in [-0.15, -0.1) is 0 Å². The largest absolute Gasteiger partial charge is 0.376 e. The van der Waals surface area contributed by atoms with Gasteiger partial charge in [0.2, 0.25) is 0 Å². The van der Waals surface area contributed by atoms with Gasteiger partial charge in [-0.25, -0.2) is 4.79 Å². The van der Waals surface area contributed by atoms with Crippen LogP contribution in [0.4, 0.5) is 0 Å². The highest BCUT2D eigenvalue weighted by atomic mass is 16.5. The maximum absolute atomic E-state index is 12.3. The minimum Gasteiger partial charge on any atom is -0.376 e. The second-order valence-electron chi connectivity index (χ2n) is 6.15. The molecule has 1 fully saturated rings. The normalized spacial score (nSPS) is 17.0. The number of aromatic amines is 1. The highest BCUT2D eigenvalue weighted by Crippen LogP contribution is 2.22. The van der Waals surface area contributed by atoms with Gasteiger partial charge >= 0.3 is 5.69 Å². The van der Waals surface area contributed by atoms with Crippen LogP contribution in [-0.2, 0) is 4.74 Å². The first-order valence-corrected chi connectivity index (χ1v) is 8.12. The van der Waals surface area contributed by atoms with Crippen LogP contribution in [0.15, 0.2) is 29.1 Å². The van der Waals surface area contributed by atoms with E-state index in [-0.39, 0.29) is 17.7 Å². The Morgan fingerprint density at radius 1 is 1.38 bits per heavy atom. The van der Waals surface area contributed by atoms with E-state index in [2.05, 4.69) is 15.3 Å². The van der Waals surface area contributed by atoms with E-state index in [0.717, 1.165) is 36.1 Å². The van der Waals surface area contributed by atoms with E-state index < -0.39 is 5.69 Å². The summed E-state index contributed by atoms with van der Waals surface area (Å²) >= 11 is 0. The number of aryl methyl sites for hydroxylation is 2. The third-order valence-corrected chi connectivity index (χ3v) is 4.16. The van der Waals surface area contributed by atoms with Gasteiger partial charge in [0.05, 0.1) is 11.8 Å². The van der Waals surface area contributed by atoms with Crippen LogP contribution in [0.5, 0.6) is 0 Å². The van der Waals surface area contributed by atoms with Gasteiger partial charge in [-0.05, 0) is 38.3 Å². The van der Waals surface area contributed by atoms with Crippen LogP contribution < -0.4 is 11.0 Å². The van der Waals surface area contributed by atoms with Crippen molar-refractivity contribution in [3.63, 3.8) is 0 Å². The van der Waals surface area contributed by atoms with Crippen molar-refractivity contribution >= 4 is 5.91 Å². The molecule has 0 radical (unpaired) electrons. The van der Waals surface area contributed by atoms with Crippen molar-refractivity contribution in [3.8, 4) is 11.3 Å². The number of hydrogen-bond donors (Lipinski definition) is 2. The lowest BCUT2D eigenvalue weighted by Gasteiger charge is -2.11. The number of carbonyl (C=O) groups is 1. The molecule has 126 valence electrons. The molecule has 24 heavy (non-hydrogen) atoms. The van der Waals surface area contributed by atoms with Gasteiger partial charge in [0, 0.05) is 18.7 Å². The summed E-state index contributed by atoms with van der Waals surface area (Å²) in [5, 5.41) is 2.81. The van der Waals surface area contributed by atoms with E-state index >= 15 is 0 Å². The summed E-state index contributed by atoms with van der Waals surface area (Å²) in [5.41, 5.74) is 3.17. The molecule has 6 nitrogen and oxygen atoms in total. The van der Waals surface area contributed by atoms with E-state index in [1.165, 1.54) is 0 Å². The Kier molecular flexibility index (Phi) is 4.76. The fraction of sp³-hybridized carbons (Fsp3) is 0.389. The Labute approximate surface area is 140 Å². The molecule has 0 saturated carbocycles. The molecular formula is C18H21N3O3. The zero-order valence-electron chi connectivity index (χ0n) is 13.9. The summed E-state index contributed by atoms with van der Waals surface area (Å²) in [6, 6.07) is 7.52. The zero-order valence-corrected chi connectivity index (χ0v) is 13.9. The number of nitrogens with one attached hydrogen (secondary N) is 2. The van der Waals surface area contributed by atoms with Crippen LogP contribution in [-0.4, -0.2) is 35.1 Å². The van der Waals surface area contributed by atoms with Gasteiger partial charge in [-0.3, -0.25) is 4.79 Å². The SMILES string of the molecule is Cc1ccc(-c2cc(C(=O)NCC3CCCO3)[nH]c(=O)n2)c(C)c1. The Bertz CT molecular complexity index is 807. The molecule has 2 heterocycles. The van der Waals surface area contributed by atoms with Crippen molar-refractivity contribution in [2.24, 2.45) is 0 Å². The summed E-state index contributed by atoms with van der Waals surface area (Å²) in [6.45, 7) is 5.15. The molecule has 1 aromatic heterocycles. The molecule has 1 saturated heterocycles. The number of ether oxygens (including phenoxy) is 1. The van der Waals surface area contributed by atoms with E-state index in [1.807, 2.05) is 32.0 Å². The van der Waals surface area contributed by atoms with Gasteiger partial charge < -0.3 is 15.0 Å². The molecule has 2 aromatic rings. The monoisotopic (exact) mass is 327 g/mol. The topological polar surface area (TPSA) is 84.1 Å². The molecule has 0 spiro atoms. The highest BCUT2D eigenvalue weighted by molar-refractivity contribution is 5.93. The number of rotatable bonds is 4. The van der Waals surface area contributed by atoms with Crippen molar-refractivity contribution in [2.45, 2.75) is 32.8 Å². The number of H-pyrrole nitrogens is 1. The fourth-order valence-corrected chi connectivity index (χ4v) is 2.93. The summed E-state index contributed by atoms with van der Waals surface area (Å²) in [5.74, 6) is -0.323. The highest BCUT2D eigenvalue weighted by Gasteiger charge is 2.18. The first kappa shape index (κ1) is 16.4. The van der Waals surface area contributed by atoms with Crippen LogP contribution in [0.1, 0.15) is 34.5 Å². The van der Waals surface area contributed by atoms with Crippen molar-refractivity contribution in [2.75, 3.05) is 13.2 Å². The molecule has 1 aromatic carbocycles. The number of amides is 1. The van der Waals surface area contributed by atoms with Crippen LogP contribution in [0, 0.1) is 13.8 Å². The Hall–Kier alpha value is -2.47. The second-order valence-corrected chi connectivity index (χ2v) is 6.15. The van der Waals surface area contributed by atoms with Crippen LogP contribution in [0.25, 0.3) is 11.3 Å². The third-order valence-electron chi connectivity index (χ3n) is 4.16. The van der Waals surface area contributed by atoms with Gasteiger partial charge in [0.15, 0.2) is 0 Å². The van der Waals surface area contributed by atoms with Gasteiger partial charge in [0.25, 0.3) is 5.91 Å². The third kappa shape index (κ3) is 3.71. The number of hydrogen-bond acceptors (Lipinski definition) is 4. The van der Waals surface area contributed by atoms with Crippen molar-refractivity contribution in [1.82, 2.24) is 15.3 Å². The minimum atomic E-state index is -0.533. The number of aromatic nitrogens is 2. The lowest BCUT2D eigenvalue weighted by molar-refractivity contribution is 0.0853. The van der Waals surface area contributed by atoms with Crippen molar-refractivity contribution < 1.29 is 9.53 Å². The van der Waals surface area contributed by atoms with Crippen LogP contribution in [0.2, 0.25) is 0 Å². The summed E-state index contributed by atoms with van der Waals surface area (Å²) in [7, 11) is 0. The van der Waals surface area contributed by atoms with Crippen LogP contribution >= 0.6 is 0 Å². The lowest BCUT2D eigenvalue weighted by Crippen LogP contribution is -2.33. The number of carbonyl (C=O) groups excluding carboxylic acids is 1. The van der Waals surface area contributed by atoms with E-state index in [4.69, 9.17) is 4.74 Å². The Balaban J connectivity index is 1.82. The summed E-state index contributed by atoms with van der Waals surface area (Å²) in [4.78, 5) is 30.7. The molecule has 2 N–H and O–H groups in total. The molecular weight excluding hydrogens is 306 g/mol. The van der Waals surface area contributed by atoms with Gasteiger partial charge in [-0.2, -0.15) is 4.98 Å².